The van der Waals surface area contributed by atoms with Crippen LogP contribution in [0.15, 0.2) is 4.52 Å². The zero-order valence-corrected chi connectivity index (χ0v) is 17.0. The number of amides is 1. The molecule has 0 aromatic carbocycles. The number of nitrogens with zero attached hydrogens (tertiary/aromatic N) is 3. The van der Waals surface area contributed by atoms with E-state index >= 15 is 0 Å². The monoisotopic (exact) mass is 398 g/mol. The van der Waals surface area contributed by atoms with Crippen LogP contribution in [0.25, 0.3) is 0 Å². The molecule has 0 bridgehead atoms. The molecular weight excluding hydrogens is 368 g/mol. The minimum Gasteiger partial charge on any atom is -0.375 e. The highest BCUT2D eigenvalue weighted by molar-refractivity contribution is 5.85. The first-order valence-corrected chi connectivity index (χ1v) is 10.1. The van der Waals surface area contributed by atoms with Crippen LogP contribution in [-0.4, -0.2) is 59.3 Å². The van der Waals surface area contributed by atoms with Gasteiger partial charge >= 0.3 is 0 Å². The third kappa shape index (κ3) is 4.46. The molecule has 1 saturated carbocycles. The minimum atomic E-state index is 0. The van der Waals surface area contributed by atoms with Crippen molar-refractivity contribution in [1.82, 2.24) is 20.4 Å². The fraction of sp³-hybridized carbons (Fsp3) is 0.842. The van der Waals surface area contributed by atoms with E-state index in [0.29, 0.717) is 18.1 Å². The van der Waals surface area contributed by atoms with Gasteiger partial charge in [0.25, 0.3) is 0 Å². The van der Waals surface area contributed by atoms with Crippen molar-refractivity contribution < 1.29 is 14.1 Å². The van der Waals surface area contributed by atoms with Gasteiger partial charge in [-0.25, -0.2) is 0 Å². The Bertz CT molecular complexity index is 630. The van der Waals surface area contributed by atoms with E-state index in [4.69, 9.17) is 9.26 Å². The summed E-state index contributed by atoms with van der Waals surface area (Å²) in [6.45, 7) is 7.40. The molecule has 0 radical (unpaired) electrons. The number of carbonyl (C=O) groups excluding carboxylic acids is 1. The molecular formula is C19H31ClN4O3. The molecule has 2 aliphatic heterocycles. The van der Waals surface area contributed by atoms with Gasteiger partial charge in [-0.15, -0.1) is 12.4 Å². The summed E-state index contributed by atoms with van der Waals surface area (Å²) in [5.74, 6) is 2.54. The van der Waals surface area contributed by atoms with Gasteiger partial charge in [-0.05, 0) is 32.1 Å². The van der Waals surface area contributed by atoms with E-state index in [9.17, 15) is 4.79 Å². The highest BCUT2D eigenvalue weighted by Crippen LogP contribution is 2.32. The normalized spacial score (nSPS) is 29.3. The fourth-order valence-electron chi connectivity index (χ4n) is 4.49. The van der Waals surface area contributed by atoms with Crippen molar-refractivity contribution in [3.8, 4) is 0 Å². The van der Waals surface area contributed by atoms with Gasteiger partial charge in [0.1, 0.15) is 0 Å². The van der Waals surface area contributed by atoms with Gasteiger partial charge in [-0.2, -0.15) is 4.98 Å². The summed E-state index contributed by atoms with van der Waals surface area (Å²) in [5, 5.41) is 7.60. The van der Waals surface area contributed by atoms with Gasteiger partial charge in [-0.1, -0.05) is 19.0 Å². The number of piperidine rings is 1. The van der Waals surface area contributed by atoms with Crippen molar-refractivity contribution in [1.29, 1.82) is 0 Å². The van der Waals surface area contributed by atoms with Gasteiger partial charge in [0.05, 0.1) is 12.7 Å². The van der Waals surface area contributed by atoms with Crippen LogP contribution in [0.2, 0.25) is 0 Å². The molecule has 0 spiro atoms. The number of aromatic nitrogens is 2. The SMILES string of the molecule is CC(C)c1noc(C2CCN(C(=O)[C@H]3CC[C@H]4OCCN[C@@H]4C3)CC2)n1.Cl. The number of fused-ring (bicyclic) bond motifs is 1. The molecule has 1 amide bonds. The Morgan fingerprint density at radius 1 is 1.22 bits per heavy atom. The zero-order valence-electron chi connectivity index (χ0n) is 16.2. The van der Waals surface area contributed by atoms with Gasteiger partial charge in [0, 0.05) is 43.4 Å². The lowest BCUT2D eigenvalue weighted by molar-refractivity contribution is -0.140. The molecule has 3 atom stereocenters. The van der Waals surface area contributed by atoms with Gasteiger partial charge < -0.3 is 19.5 Å². The van der Waals surface area contributed by atoms with Crippen molar-refractivity contribution in [2.24, 2.45) is 5.92 Å². The lowest BCUT2D eigenvalue weighted by Gasteiger charge is -2.41. The van der Waals surface area contributed by atoms with Crippen molar-refractivity contribution in [3.63, 3.8) is 0 Å². The van der Waals surface area contributed by atoms with Gasteiger partial charge in [0.15, 0.2) is 5.82 Å². The van der Waals surface area contributed by atoms with E-state index in [2.05, 4.69) is 29.3 Å². The molecule has 0 unspecified atom stereocenters. The van der Waals surface area contributed by atoms with Crippen LogP contribution in [0.5, 0.6) is 0 Å². The molecule has 1 aliphatic carbocycles. The Kier molecular flexibility index (Phi) is 6.76. The maximum Gasteiger partial charge on any atom is 0.229 e. The van der Waals surface area contributed by atoms with Crippen LogP contribution in [-0.2, 0) is 9.53 Å². The minimum absolute atomic E-state index is 0. The number of halogens is 1. The average Bonchev–Trinajstić information content (AvgIpc) is 3.18. The Labute approximate surface area is 167 Å². The second-order valence-corrected chi connectivity index (χ2v) is 8.22. The van der Waals surface area contributed by atoms with Crippen molar-refractivity contribution in [3.05, 3.63) is 11.7 Å². The summed E-state index contributed by atoms with van der Waals surface area (Å²) < 4.78 is 11.3. The molecule has 2 saturated heterocycles. The summed E-state index contributed by atoms with van der Waals surface area (Å²) in [6.07, 6.45) is 4.96. The Balaban J connectivity index is 0.00000210. The highest BCUT2D eigenvalue weighted by atomic mass is 35.5. The molecule has 152 valence electrons. The number of morpholine rings is 1. The van der Waals surface area contributed by atoms with E-state index < -0.39 is 0 Å². The number of nitrogens with one attached hydrogen (secondary N) is 1. The molecule has 3 aliphatic rings. The maximum atomic E-state index is 13.0. The van der Waals surface area contributed by atoms with Crippen LogP contribution in [0.1, 0.15) is 69.5 Å². The predicted molar refractivity (Wildman–Crippen MR) is 103 cm³/mol. The van der Waals surface area contributed by atoms with E-state index in [-0.39, 0.29) is 30.2 Å². The summed E-state index contributed by atoms with van der Waals surface area (Å²) in [7, 11) is 0. The predicted octanol–water partition coefficient (Wildman–Crippen LogP) is 2.48. The van der Waals surface area contributed by atoms with Crippen molar-refractivity contribution in [2.45, 2.75) is 69.9 Å². The molecule has 1 aromatic rings. The van der Waals surface area contributed by atoms with E-state index in [0.717, 1.165) is 70.1 Å². The summed E-state index contributed by atoms with van der Waals surface area (Å²) in [6, 6.07) is 0.344. The van der Waals surface area contributed by atoms with Crippen LogP contribution < -0.4 is 5.32 Å². The standard InChI is InChI=1S/C19H30N4O3.ClH/c1-12(2)17-21-18(26-22-17)13-5-8-23(9-6-13)19(24)14-3-4-16-15(11-14)20-7-10-25-16;/h12-16,20H,3-11H2,1-2H3;1H/t14-,15+,16+;/m0./s1. The molecule has 1 N–H and O–H groups in total. The molecule has 3 fully saturated rings. The second kappa shape index (κ2) is 8.88. The number of ether oxygens (including phenoxy) is 1. The summed E-state index contributed by atoms with van der Waals surface area (Å²) in [4.78, 5) is 19.6. The van der Waals surface area contributed by atoms with Crippen molar-refractivity contribution in [2.75, 3.05) is 26.2 Å². The van der Waals surface area contributed by atoms with Crippen LogP contribution in [0.3, 0.4) is 0 Å². The lowest BCUT2D eigenvalue weighted by atomic mass is 9.81. The largest absolute Gasteiger partial charge is 0.375 e. The van der Waals surface area contributed by atoms with Crippen LogP contribution in [0, 0.1) is 5.92 Å². The fourth-order valence-corrected chi connectivity index (χ4v) is 4.49. The Morgan fingerprint density at radius 2 is 2.00 bits per heavy atom. The molecule has 4 rings (SSSR count). The Morgan fingerprint density at radius 3 is 2.70 bits per heavy atom. The van der Waals surface area contributed by atoms with E-state index in [1.807, 2.05) is 4.90 Å². The van der Waals surface area contributed by atoms with Gasteiger partial charge in [-0.3, -0.25) is 4.79 Å². The average molecular weight is 399 g/mol. The van der Waals surface area contributed by atoms with E-state index in [1.54, 1.807) is 0 Å². The highest BCUT2D eigenvalue weighted by Gasteiger charge is 2.38. The van der Waals surface area contributed by atoms with Crippen molar-refractivity contribution >= 4 is 18.3 Å². The van der Waals surface area contributed by atoms with Gasteiger partial charge in [0.2, 0.25) is 11.8 Å². The molecule has 8 heteroatoms. The number of likely N-dealkylation sites (tertiary alicyclic amines) is 1. The Hall–Kier alpha value is -1.18. The molecule has 1 aromatic heterocycles. The van der Waals surface area contributed by atoms with Crippen LogP contribution >= 0.6 is 12.4 Å². The van der Waals surface area contributed by atoms with Crippen LogP contribution in [0.4, 0.5) is 0 Å². The first kappa shape index (κ1) is 20.6. The first-order valence-electron chi connectivity index (χ1n) is 10.1. The smallest absolute Gasteiger partial charge is 0.229 e. The number of hydrogen-bond acceptors (Lipinski definition) is 6. The quantitative estimate of drug-likeness (QED) is 0.842. The molecule has 7 nitrogen and oxygen atoms in total. The maximum absolute atomic E-state index is 13.0. The third-order valence-corrected chi connectivity index (χ3v) is 6.11. The summed E-state index contributed by atoms with van der Waals surface area (Å²) >= 11 is 0. The topological polar surface area (TPSA) is 80.5 Å². The number of carbonyl (C=O) groups is 1. The first-order chi connectivity index (χ1) is 12.6. The number of hydrogen-bond donors (Lipinski definition) is 1. The molecule has 27 heavy (non-hydrogen) atoms. The van der Waals surface area contributed by atoms with E-state index in [1.165, 1.54) is 0 Å². The zero-order chi connectivity index (χ0) is 18.1. The molecule has 3 heterocycles. The summed E-state index contributed by atoms with van der Waals surface area (Å²) in [5.41, 5.74) is 0. The lowest BCUT2D eigenvalue weighted by Crippen LogP contribution is -2.53. The number of rotatable bonds is 3. The third-order valence-electron chi connectivity index (χ3n) is 6.11. The second-order valence-electron chi connectivity index (χ2n) is 8.22.